The molecule has 1 aliphatic rings. The second-order valence-electron chi connectivity index (χ2n) is 7.69. The largest absolute Gasteiger partial charge is 0.307 e. The number of nitrogens with zero attached hydrogens (tertiary/aromatic N) is 4. The van der Waals surface area contributed by atoms with Crippen LogP contribution in [0.3, 0.4) is 0 Å². The summed E-state index contributed by atoms with van der Waals surface area (Å²) in [5, 5.41) is 7.16. The predicted molar refractivity (Wildman–Crippen MR) is 114 cm³/mol. The van der Waals surface area contributed by atoms with Gasteiger partial charge < -0.3 is 5.32 Å². The number of hydrogen-bond donors (Lipinski definition) is 1. The van der Waals surface area contributed by atoms with Crippen LogP contribution in [0.4, 0.5) is 5.82 Å². The highest BCUT2D eigenvalue weighted by molar-refractivity contribution is 6.04. The van der Waals surface area contributed by atoms with E-state index in [4.69, 9.17) is 0 Å². The van der Waals surface area contributed by atoms with Crippen molar-refractivity contribution < 1.29 is 4.79 Å². The Morgan fingerprint density at radius 2 is 2.10 bits per heavy atom. The molecule has 0 aliphatic carbocycles. The molecule has 1 N–H and O–H groups in total. The Hall–Kier alpha value is -2.99. The van der Waals surface area contributed by atoms with Gasteiger partial charge in [-0.2, -0.15) is 5.10 Å². The number of benzene rings is 1. The van der Waals surface area contributed by atoms with Crippen molar-refractivity contribution in [2.45, 2.75) is 38.8 Å². The number of aryl methyl sites for hydroxylation is 2. The summed E-state index contributed by atoms with van der Waals surface area (Å²) in [5.74, 6) is 0.616. The summed E-state index contributed by atoms with van der Waals surface area (Å²) in [6.07, 6.45) is 7.16. The molecule has 0 spiro atoms. The minimum absolute atomic E-state index is 0.113. The Bertz CT molecular complexity index is 962. The molecule has 29 heavy (non-hydrogen) atoms. The SMILES string of the molecule is Cc1cnn(C)c1NC(=O)c1cccc(CN2CCCC[C@@H]2c2ccccn2)c1. The normalized spacial score (nSPS) is 17.2. The summed E-state index contributed by atoms with van der Waals surface area (Å²) in [7, 11) is 1.83. The first-order valence-corrected chi connectivity index (χ1v) is 10.2. The number of rotatable bonds is 5. The summed E-state index contributed by atoms with van der Waals surface area (Å²) in [6.45, 7) is 3.80. The number of aromatic nitrogens is 3. The third kappa shape index (κ3) is 4.38. The second kappa shape index (κ2) is 8.57. The quantitative estimate of drug-likeness (QED) is 0.713. The lowest BCUT2D eigenvalue weighted by molar-refractivity contribution is 0.102. The number of carbonyl (C=O) groups excluding carboxylic acids is 1. The van der Waals surface area contributed by atoms with E-state index in [2.05, 4.69) is 38.5 Å². The summed E-state index contributed by atoms with van der Waals surface area (Å²) in [5.41, 5.74) is 3.88. The molecule has 1 aliphatic heterocycles. The zero-order chi connectivity index (χ0) is 20.2. The van der Waals surface area contributed by atoms with Gasteiger partial charge in [-0.05, 0) is 56.1 Å². The molecule has 4 rings (SSSR count). The van der Waals surface area contributed by atoms with Crippen LogP contribution in [0.2, 0.25) is 0 Å². The highest BCUT2D eigenvalue weighted by Gasteiger charge is 2.25. The van der Waals surface area contributed by atoms with E-state index in [0.717, 1.165) is 42.1 Å². The Labute approximate surface area is 171 Å². The predicted octanol–water partition coefficient (Wildman–Crippen LogP) is 4.10. The van der Waals surface area contributed by atoms with Gasteiger partial charge in [0.05, 0.1) is 17.9 Å². The maximum Gasteiger partial charge on any atom is 0.256 e. The first-order valence-electron chi connectivity index (χ1n) is 10.2. The molecule has 2 aromatic heterocycles. The molecule has 1 atom stereocenters. The number of hydrogen-bond acceptors (Lipinski definition) is 4. The molecule has 1 aromatic carbocycles. The minimum Gasteiger partial charge on any atom is -0.307 e. The van der Waals surface area contributed by atoms with Gasteiger partial charge >= 0.3 is 0 Å². The van der Waals surface area contributed by atoms with Crippen LogP contribution < -0.4 is 5.32 Å². The molecule has 6 heteroatoms. The fraction of sp³-hybridized carbons (Fsp3) is 0.348. The van der Waals surface area contributed by atoms with Crippen LogP contribution in [0.25, 0.3) is 0 Å². The first-order chi connectivity index (χ1) is 14.1. The molecule has 3 heterocycles. The molecule has 150 valence electrons. The van der Waals surface area contributed by atoms with Crippen LogP contribution in [0.5, 0.6) is 0 Å². The average molecular weight is 390 g/mol. The number of piperidine rings is 1. The highest BCUT2D eigenvalue weighted by atomic mass is 16.1. The Kier molecular flexibility index (Phi) is 5.71. The molecule has 1 amide bonds. The zero-order valence-corrected chi connectivity index (χ0v) is 17.0. The topological polar surface area (TPSA) is 63.1 Å². The number of carbonyl (C=O) groups is 1. The average Bonchev–Trinajstić information content (AvgIpc) is 3.07. The summed E-state index contributed by atoms with van der Waals surface area (Å²) < 4.78 is 1.68. The van der Waals surface area contributed by atoms with E-state index in [1.165, 1.54) is 12.8 Å². The molecule has 0 radical (unpaired) electrons. The number of pyridine rings is 1. The van der Waals surface area contributed by atoms with Crippen LogP contribution in [-0.2, 0) is 13.6 Å². The van der Waals surface area contributed by atoms with Crippen LogP contribution in [0, 0.1) is 6.92 Å². The standard InChI is InChI=1S/C23H27N5O/c1-17-15-25-27(2)22(17)26-23(29)19-9-7-8-18(14-19)16-28-13-6-4-11-21(28)20-10-3-5-12-24-20/h3,5,7-10,12,14-15,21H,4,6,11,13,16H2,1-2H3,(H,26,29)/t21-/m1/s1. The molecule has 1 saturated heterocycles. The third-order valence-electron chi connectivity index (χ3n) is 5.57. The molecular weight excluding hydrogens is 362 g/mol. The lowest BCUT2D eigenvalue weighted by Crippen LogP contribution is -2.33. The van der Waals surface area contributed by atoms with Gasteiger partial charge in [0.25, 0.3) is 5.91 Å². The smallest absolute Gasteiger partial charge is 0.256 e. The molecule has 6 nitrogen and oxygen atoms in total. The number of anilines is 1. The van der Waals surface area contributed by atoms with E-state index in [9.17, 15) is 4.79 Å². The van der Waals surface area contributed by atoms with Crippen molar-refractivity contribution in [1.29, 1.82) is 0 Å². The van der Waals surface area contributed by atoms with Crippen molar-refractivity contribution >= 4 is 11.7 Å². The van der Waals surface area contributed by atoms with Crippen molar-refractivity contribution in [3.63, 3.8) is 0 Å². The Morgan fingerprint density at radius 1 is 1.21 bits per heavy atom. The van der Waals surface area contributed by atoms with Crippen molar-refractivity contribution in [3.05, 3.63) is 77.2 Å². The van der Waals surface area contributed by atoms with E-state index in [1.807, 2.05) is 44.4 Å². The first kappa shape index (κ1) is 19.3. The minimum atomic E-state index is -0.113. The van der Waals surface area contributed by atoms with Crippen molar-refractivity contribution in [2.24, 2.45) is 7.05 Å². The monoisotopic (exact) mass is 389 g/mol. The van der Waals surface area contributed by atoms with Gasteiger partial charge in [0, 0.05) is 30.9 Å². The fourth-order valence-corrected chi connectivity index (χ4v) is 4.04. The van der Waals surface area contributed by atoms with Crippen molar-refractivity contribution in [3.8, 4) is 0 Å². The lowest BCUT2D eigenvalue weighted by atomic mass is 9.97. The number of likely N-dealkylation sites (tertiary alicyclic amines) is 1. The fourth-order valence-electron chi connectivity index (χ4n) is 4.04. The van der Waals surface area contributed by atoms with Gasteiger partial charge in [0.15, 0.2) is 0 Å². The van der Waals surface area contributed by atoms with E-state index < -0.39 is 0 Å². The van der Waals surface area contributed by atoms with E-state index >= 15 is 0 Å². The lowest BCUT2D eigenvalue weighted by Gasteiger charge is -2.35. The molecule has 0 saturated carbocycles. The molecule has 0 bridgehead atoms. The van der Waals surface area contributed by atoms with Gasteiger partial charge in [-0.1, -0.05) is 24.6 Å². The molecule has 1 fully saturated rings. The van der Waals surface area contributed by atoms with E-state index in [1.54, 1.807) is 10.9 Å². The van der Waals surface area contributed by atoms with Gasteiger partial charge in [0.1, 0.15) is 5.82 Å². The Morgan fingerprint density at radius 3 is 2.86 bits per heavy atom. The van der Waals surface area contributed by atoms with Gasteiger partial charge in [-0.3, -0.25) is 19.4 Å². The maximum absolute atomic E-state index is 12.8. The van der Waals surface area contributed by atoms with E-state index in [-0.39, 0.29) is 5.91 Å². The van der Waals surface area contributed by atoms with Crippen LogP contribution >= 0.6 is 0 Å². The maximum atomic E-state index is 12.8. The van der Waals surface area contributed by atoms with Crippen LogP contribution in [-0.4, -0.2) is 32.1 Å². The highest BCUT2D eigenvalue weighted by Crippen LogP contribution is 2.31. The molecular formula is C23H27N5O. The van der Waals surface area contributed by atoms with Gasteiger partial charge in [-0.15, -0.1) is 0 Å². The number of amides is 1. The summed E-state index contributed by atoms with van der Waals surface area (Å²) in [4.78, 5) is 19.8. The number of nitrogens with one attached hydrogen (secondary N) is 1. The Balaban J connectivity index is 1.50. The van der Waals surface area contributed by atoms with Crippen molar-refractivity contribution in [2.75, 3.05) is 11.9 Å². The van der Waals surface area contributed by atoms with Gasteiger partial charge in [0.2, 0.25) is 0 Å². The van der Waals surface area contributed by atoms with Crippen molar-refractivity contribution in [1.82, 2.24) is 19.7 Å². The van der Waals surface area contributed by atoms with E-state index in [0.29, 0.717) is 11.6 Å². The molecule has 3 aromatic rings. The summed E-state index contributed by atoms with van der Waals surface area (Å²) >= 11 is 0. The van der Waals surface area contributed by atoms with Crippen LogP contribution in [0.1, 0.15) is 52.5 Å². The summed E-state index contributed by atoms with van der Waals surface area (Å²) in [6, 6.07) is 14.4. The third-order valence-corrected chi connectivity index (χ3v) is 5.57. The van der Waals surface area contributed by atoms with Crippen LogP contribution in [0.15, 0.2) is 54.9 Å². The second-order valence-corrected chi connectivity index (χ2v) is 7.69. The van der Waals surface area contributed by atoms with Gasteiger partial charge in [-0.25, -0.2) is 0 Å². The molecule has 0 unspecified atom stereocenters. The zero-order valence-electron chi connectivity index (χ0n) is 17.0.